The van der Waals surface area contributed by atoms with Gasteiger partial charge in [-0.15, -0.1) is 0 Å². The maximum Gasteiger partial charge on any atom is 0.234 e. The van der Waals surface area contributed by atoms with Crippen molar-refractivity contribution in [1.82, 2.24) is 4.57 Å². The lowest BCUT2D eigenvalue weighted by atomic mass is 10.1. The fourth-order valence-corrected chi connectivity index (χ4v) is 1.56. The van der Waals surface area contributed by atoms with Crippen LogP contribution in [0, 0.1) is 6.92 Å². The van der Waals surface area contributed by atoms with Crippen molar-refractivity contribution in [1.29, 1.82) is 0 Å². The second-order valence-corrected chi connectivity index (χ2v) is 3.91. The summed E-state index contributed by atoms with van der Waals surface area (Å²) in [4.78, 5) is 11.8. The molecule has 0 amide bonds. The Balaban J connectivity index is 2.10. The van der Waals surface area contributed by atoms with E-state index in [4.69, 9.17) is 5.73 Å². The summed E-state index contributed by atoms with van der Waals surface area (Å²) in [5, 5.41) is 0. The van der Waals surface area contributed by atoms with E-state index >= 15 is 0 Å². The number of nitrogens with zero attached hydrogens (tertiary/aromatic N) is 1. The van der Waals surface area contributed by atoms with Gasteiger partial charge in [-0.1, -0.05) is 12.1 Å². The van der Waals surface area contributed by atoms with E-state index in [9.17, 15) is 4.79 Å². The monoisotopic (exact) mass is 214 g/mol. The fourth-order valence-electron chi connectivity index (χ4n) is 1.56. The molecule has 1 aromatic heterocycles. The van der Waals surface area contributed by atoms with Crippen LogP contribution in [0.15, 0.2) is 42.7 Å². The number of aryl methyl sites for hydroxylation is 1. The van der Waals surface area contributed by atoms with Crippen LogP contribution in [0.4, 0.5) is 5.69 Å². The quantitative estimate of drug-likeness (QED) is 0.779. The zero-order chi connectivity index (χ0) is 11.5. The summed E-state index contributed by atoms with van der Waals surface area (Å²) in [7, 11) is 0. The van der Waals surface area contributed by atoms with Crippen molar-refractivity contribution in [2.45, 2.75) is 13.3 Å². The molecule has 3 nitrogen and oxygen atoms in total. The van der Waals surface area contributed by atoms with Gasteiger partial charge in [0.2, 0.25) is 5.91 Å². The number of carbonyl (C=O) groups is 1. The Labute approximate surface area is 94.5 Å². The molecule has 16 heavy (non-hydrogen) atoms. The Morgan fingerprint density at radius 1 is 1.25 bits per heavy atom. The largest absolute Gasteiger partial charge is 0.399 e. The van der Waals surface area contributed by atoms with Gasteiger partial charge in [0.25, 0.3) is 0 Å². The second-order valence-electron chi connectivity index (χ2n) is 3.91. The second kappa shape index (κ2) is 4.23. The summed E-state index contributed by atoms with van der Waals surface area (Å²) < 4.78 is 1.62. The average Bonchev–Trinajstić information content (AvgIpc) is 2.68. The molecule has 3 heteroatoms. The highest BCUT2D eigenvalue weighted by Gasteiger charge is 2.05. The maximum atomic E-state index is 11.8. The van der Waals surface area contributed by atoms with E-state index in [2.05, 4.69) is 0 Å². The lowest BCUT2D eigenvalue weighted by molar-refractivity contribution is 0.0914. The molecule has 1 heterocycles. The minimum atomic E-state index is 0.0675. The first-order valence-corrected chi connectivity index (χ1v) is 5.17. The Morgan fingerprint density at radius 3 is 2.50 bits per heavy atom. The van der Waals surface area contributed by atoms with Crippen molar-refractivity contribution in [3.05, 3.63) is 53.9 Å². The molecule has 0 unspecified atom stereocenters. The van der Waals surface area contributed by atoms with Crippen LogP contribution in [0.3, 0.4) is 0 Å². The van der Waals surface area contributed by atoms with E-state index in [1.165, 1.54) is 0 Å². The Morgan fingerprint density at radius 2 is 1.94 bits per heavy atom. The molecule has 1 aromatic carbocycles. The topological polar surface area (TPSA) is 48.0 Å². The Hall–Kier alpha value is -2.03. The molecule has 2 N–H and O–H groups in total. The molecule has 0 radical (unpaired) electrons. The lowest BCUT2D eigenvalue weighted by Crippen LogP contribution is -2.11. The molecule has 0 bridgehead atoms. The van der Waals surface area contributed by atoms with Crippen molar-refractivity contribution < 1.29 is 4.79 Å². The minimum absolute atomic E-state index is 0.0675. The molecule has 0 atom stereocenters. The molecule has 0 fully saturated rings. The third kappa shape index (κ3) is 2.31. The zero-order valence-corrected chi connectivity index (χ0v) is 9.18. The van der Waals surface area contributed by atoms with E-state index in [1.807, 2.05) is 43.5 Å². The SMILES string of the molecule is Cc1ccn(C(=O)Cc2ccc(N)cc2)c1. The Bertz CT molecular complexity index is 497. The van der Waals surface area contributed by atoms with Gasteiger partial charge in [0.1, 0.15) is 0 Å². The smallest absolute Gasteiger partial charge is 0.234 e. The van der Waals surface area contributed by atoms with Crippen molar-refractivity contribution in [2.75, 3.05) is 5.73 Å². The number of nitrogens with two attached hydrogens (primary N) is 1. The summed E-state index contributed by atoms with van der Waals surface area (Å²) >= 11 is 0. The van der Waals surface area contributed by atoms with Crippen LogP contribution in [0.25, 0.3) is 0 Å². The van der Waals surface area contributed by atoms with Crippen LogP contribution in [0.2, 0.25) is 0 Å². The number of nitrogen functional groups attached to an aromatic ring is 1. The highest BCUT2D eigenvalue weighted by atomic mass is 16.1. The lowest BCUT2D eigenvalue weighted by Gasteiger charge is -2.02. The van der Waals surface area contributed by atoms with E-state index in [0.29, 0.717) is 12.1 Å². The van der Waals surface area contributed by atoms with Gasteiger partial charge < -0.3 is 5.73 Å². The first kappa shape index (κ1) is 10.5. The van der Waals surface area contributed by atoms with Gasteiger partial charge in [0, 0.05) is 18.1 Å². The highest BCUT2D eigenvalue weighted by molar-refractivity contribution is 5.81. The zero-order valence-electron chi connectivity index (χ0n) is 9.18. The number of aromatic nitrogens is 1. The number of carbonyl (C=O) groups excluding carboxylic acids is 1. The van der Waals surface area contributed by atoms with Gasteiger partial charge in [-0.25, -0.2) is 0 Å². The predicted octanol–water partition coefficient (Wildman–Crippen LogP) is 2.26. The average molecular weight is 214 g/mol. The maximum absolute atomic E-state index is 11.8. The first-order valence-electron chi connectivity index (χ1n) is 5.17. The van der Waals surface area contributed by atoms with E-state index in [1.54, 1.807) is 10.8 Å². The summed E-state index contributed by atoms with van der Waals surface area (Å²) in [6.45, 7) is 1.97. The summed E-state index contributed by atoms with van der Waals surface area (Å²) in [5.74, 6) is 0.0675. The van der Waals surface area contributed by atoms with E-state index in [-0.39, 0.29) is 5.91 Å². The van der Waals surface area contributed by atoms with Gasteiger partial charge >= 0.3 is 0 Å². The molecular weight excluding hydrogens is 200 g/mol. The molecule has 0 aliphatic rings. The van der Waals surface area contributed by atoms with Gasteiger partial charge in [0.15, 0.2) is 0 Å². The predicted molar refractivity (Wildman–Crippen MR) is 64.4 cm³/mol. The van der Waals surface area contributed by atoms with Crippen LogP contribution in [0.1, 0.15) is 15.9 Å². The van der Waals surface area contributed by atoms with Crippen LogP contribution in [0.5, 0.6) is 0 Å². The molecule has 2 aromatic rings. The van der Waals surface area contributed by atoms with E-state index < -0.39 is 0 Å². The molecule has 0 aliphatic heterocycles. The van der Waals surface area contributed by atoms with Crippen molar-refractivity contribution in [2.24, 2.45) is 0 Å². The summed E-state index contributed by atoms with van der Waals surface area (Å²) in [5.41, 5.74) is 8.36. The van der Waals surface area contributed by atoms with E-state index in [0.717, 1.165) is 11.1 Å². The summed E-state index contributed by atoms with van der Waals surface area (Å²) in [6, 6.07) is 9.29. The number of rotatable bonds is 2. The molecule has 2 rings (SSSR count). The number of hydrogen-bond donors (Lipinski definition) is 1. The number of benzene rings is 1. The third-order valence-corrected chi connectivity index (χ3v) is 2.46. The third-order valence-electron chi connectivity index (χ3n) is 2.46. The molecule has 0 saturated carbocycles. The number of anilines is 1. The Kier molecular flexibility index (Phi) is 2.77. The van der Waals surface area contributed by atoms with Crippen LogP contribution in [-0.2, 0) is 6.42 Å². The van der Waals surface area contributed by atoms with Crippen molar-refractivity contribution >= 4 is 11.6 Å². The van der Waals surface area contributed by atoms with Crippen molar-refractivity contribution in [3.63, 3.8) is 0 Å². The first-order chi connectivity index (χ1) is 7.65. The molecule has 0 saturated heterocycles. The number of hydrogen-bond acceptors (Lipinski definition) is 2. The molecular formula is C13H14N2O. The van der Waals surface area contributed by atoms with Gasteiger partial charge in [-0.05, 0) is 36.2 Å². The molecule has 0 aliphatic carbocycles. The van der Waals surface area contributed by atoms with Gasteiger partial charge in [-0.2, -0.15) is 0 Å². The molecule has 82 valence electrons. The van der Waals surface area contributed by atoms with Gasteiger partial charge in [-0.3, -0.25) is 9.36 Å². The normalized spacial score (nSPS) is 10.3. The van der Waals surface area contributed by atoms with Crippen LogP contribution < -0.4 is 5.73 Å². The standard InChI is InChI=1S/C13H14N2O/c1-10-6-7-15(9-10)13(16)8-11-2-4-12(14)5-3-11/h2-7,9H,8,14H2,1H3. The van der Waals surface area contributed by atoms with Crippen LogP contribution in [-0.4, -0.2) is 10.5 Å². The fraction of sp³-hybridized carbons (Fsp3) is 0.154. The van der Waals surface area contributed by atoms with Crippen LogP contribution >= 0.6 is 0 Å². The minimum Gasteiger partial charge on any atom is -0.399 e. The molecule has 0 spiro atoms. The van der Waals surface area contributed by atoms with Crippen molar-refractivity contribution in [3.8, 4) is 0 Å². The highest BCUT2D eigenvalue weighted by Crippen LogP contribution is 2.08. The summed E-state index contributed by atoms with van der Waals surface area (Å²) in [6.07, 6.45) is 4.02. The van der Waals surface area contributed by atoms with Gasteiger partial charge in [0.05, 0.1) is 6.42 Å².